The molecule has 0 N–H and O–H groups in total. The van der Waals surface area contributed by atoms with Crippen molar-refractivity contribution in [2.24, 2.45) is 0 Å². The first-order chi connectivity index (χ1) is 14.0. The van der Waals surface area contributed by atoms with Crippen molar-refractivity contribution < 1.29 is 32.0 Å². The van der Waals surface area contributed by atoms with E-state index >= 15 is 0 Å². The van der Waals surface area contributed by atoms with E-state index in [-0.39, 0.29) is 10.9 Å². The van der Waals surface area contributed by atoms with Crippen molar-refractivity contribution in [2.75, 3.05) is 20.1 Å². The van der Waals surface area contributed by atoms with E-state index < -0.39 is 7.54 Å². The molecule has 6 rings (SSSR count). The Bertz CT molecular complexity index is 857. The molecule has 162 valence electrons. The van der Waals surface area contributed by atoms with Crippen molar-refractivity contribution in [3.8, 4) is 0 Å². The molecule has 4 atom stereocenters. The highest BCUT2D eigenvalue weighted by atomic mass is 19.4. The summed E-state index contributed by atoms with van der Waals surface area (Å²) in [5.74, 6) is 0. The first kappa shape index (κ1) is 22.7. The summed E-state index contributed by atoms with van der Waals surface area (Å²) in [7, 11) is -1.49. The van der Waals surface area contributed by atoms with Crippen molar-refractivity contribution >= 4 is 7.54 Å². The molecule has 4 nitrogen and oxygen atoms in total. The van der Waals surface area contributed by atoms with E-state index in [1.807, 2.05) is 0 Å². The minimum Gasteiger partial charge on any atom is -0.270 e. The molecule has 2 fully saturated rings. The summed E-state index contributed by atoms with van der Waals surface area (Å²) < 4.78 is 29.8. The molecule has 0 bridgehead atoms. The molecule has 0 saturated carbocycles. The van der Waals surface area contributed by atoms with Gasteiger partial charge in [-0.2, -0.15) is 5.06 Å². The maximum Gasteiger partial charge on any atom is 0.762 e. The van der Waals surface area contributed by atoms with Gasteiger partial charge in [-0.1, -0.05) is 42.5 Å². The first-order valence-corrected chi connectivity index (χ1v) is 10.0. The lowest BCUT2D eigenvalue weighted by molar-refractivity contribution is -0.905. The average Bonchev–Trinajstić information content (AvgIpc) is 3.56. The number of hydroxylamine groups is 5. The minimum atomic E-state index is -3.67. The van der Waals surface area contributed by atoms with Crippen molar-refractivity contribution in [1.82, 2.24) is 5.06 Å². The van der Waals surface area contributed by atoms with E-state index in [2.05, 4.69) is 60.6 Å². The number of quaternary nitrogens is 1. The highest BCUT2D eigenvalue weighted by Crippen LogP contribution is 2.48. The Kier molecular flexibility index (Phi) is 7.18. The summed E-state index contributed by atoms with van der Waals surface area (Å²) in [6.45, 7) is 2.23. The summed E-state index contributed by atoms with van der Waals surface area (Å²) in [5.41, 5.74) is 5.71. The van der Waals surface area contributed by atoms with Crippen LogP contribution in [0.5, 0.6) is 0 Å². The zero-order valence-corrected chi connectivity index (χ0v) is 16.8. The van der Waals surface area contributed by atoms with Crippen LogP contribution in [-0.2, 0) is 22.5 Å². The van der Waals surface area contributed by atoms with Crippen molar-refractivity contribution in [1.29, 1.82) is 0 Å². The molecule has 0 aromatic heterocycles. The van der Waals surface area contributed by atoms with Crippen LogP contribution in [0.3, 0.4) is 0 Å². The molecule has 9 heteroatoms. The van der Waals surface area contributed by atoms with Crippen molar-refractivity contribution in [3.05, 3.63) is 70.8 Å². The number of fused-ring (bicyclic) bond motifs is 6. The van der Waals surface area contributed by atoms with E-state index in [0.29, 0.717) is 6.23 Å². The summed E-state index contributed by atoms with van der Waals surface area (Å²) in [6.07, 6.45) is 5.48. The molecule has 2 aromatic carbocycles. The Morgan fingerprint density at radius 1 is 0.933 bits per heavy atom. The molecular weight excluding hydrogens is 399 g/mol. The smallest absolute Gasteiger partial charge is 0.270 e. The van der Waals surface area contributed by atoms with Crippen LogP contribution in [0.1, 0.15) is 47.6 Å². The fourth-order valence-electron chi connectivity index (χ4n) is 4.22. The van der Waals surface area contributed by atoms with Crippen LogP contribution in [-0.4, -0.2) is 37.4 Å². The number of rotatable bonds is 0. The summed E-state index contributed by atoms with van der Waals surface area (Å²) in [4.78, 5) is 11.1. The van der Waals surface area contributed by atoms with Crippen LogP contribution < -0.4 is 0 Å². The molecule has 2 aromatic rings. The lowest BCUT2D eigenvalue weighted by Gasteiger charge is -2.01. The Labute approximate surface area is 174 Å². The third-order valence-corrected chi connectivity index (χ3v) is 5.76. The van der Waals surface area contributed by atoms with Crippen molar-refractivity contribution in [3.63, 3.8) is 0 Å². The van der Waals surface area contributed by atoms with Gasteiger partial charge in [0.15, 0.2) is 6.23 Å². The molecule has 0 amide bonds. The third-order valence-electron chi connectivity index (χ3n) is 5.76. The Hall–Kier alpha value is -1.94. The Balaban J connectivity index is 0.000000142. The van der Waals surface area contributed by atoms with E-state index in [0.717, 1.165) is 17.7 Å². The Morgan fingerprint density at radius 2 is 1.50 bits per heavy atom. The largest absolute Gasteiger partial charge is 0.762 e. The molecule has 30 heavy (non-hydrogen) atoms. The van der Waals surface area contributed by atoms with Gasteiger partial charge in [-0.15, -0.1) is 9.48 Å². The number of hydrogen-bond donors (Lipinski definition) is 0. The second-order valence-electron chi connectivity index (χ2n) is 7.81. The highest BCUT2D eigenvalue weighted by molar-refractivity contribution is 6.33. The first-order valence-electron chi connectivity index (χ1n) is 10.0. The van der Waals surface area contributed by atoms with E-state index in [1.54, 1.807) is 0 Å². The van der Waals surface area contributed by atoms with E-state index in [4.69, 9.17) is 9.68 Å². The van der Waals surface area contributed by atoms with Gasteiger partial charge in [-0.25, -0.2) is 0 Å². The number of nitrogens with zero attached hydrogens (tertiary/aromatic N) is 2. The summed E-state index contributed by atoms with van der Waals surface area (Å²) >= 11 is 0. The van der Waals surface area contributed by atoms with Gasteiger partial charge in [-0.05, 0) is 36.5 Å². The van der Waals surface area contributed by atoms with Crippen LogP contribution in [0.2, 0.25) is 0 Å². The third kappa shape index (κ3) is 5.21. The number of aryl methyl sites for hydroxylation is 2. The lowest BCUT2D eigenvalue weighted by atomic mass is 10.0. The van der Waals surface area contributed by atoms with Gasteiger partial charge in [0.05, 0.1) is 0 Å². The molecule has 4 unspecified atom stereocenters. The zero-order chi connectivity index (χ0) is 20.4. The maximum atomic E-state index is 9.67. The van der Waals surface area contributed by atoms with Crippen molar-refractivity contribution in [2.45, 2.75) is 38.1 Å². The van der Waals surface area contributed by atoms with Crippen LogP contribution >= 0.6 is 0 Å². The van der Waals surface area contributed by atoms with Gasteiger partial charge in [0.1, 0.15) is 13.6 Å². The predicted octanol–water partition coefficient (Wildman–Crippen LogP) is 4.93. The van der Waals surface area contributed by atoms with Gasteiger partial charge in [-0.3, -0.25) is 22.5 Å². The quantitative estimate of drug-likeness (QED) is 0.259. The Morgan fingerprint density at radius 3 is 2.20 bits per heavy atom. The predicted molar refractivity (Wildman–Crippen MR) is 107 cm³/mol. The normalized spacial score (nSPS) is 29.1. The summed E-state index contributed by atoms with van der Waals surface area (Å²) in [5, 5.41) is 2.06. The number of hydrogen-bond acceptors (Lipinski definition) is 3. The molecule has 0 radical (unpaired) electrons. The fraction of sp³-hybridized carbons (Fsp3) is 0.429. The molecule has 4 heterocycles. The SMILES string of the molecule is C[N+]12CCCc3ccccc3C1O2.F.FB(F)F.c1ccc2c(c1)CCCN1OC21. The molecular formula is C21H26BF4N2O2+. The number of benzene rings is 2. The highest BCUT2D eigenvalue weighted by Gasteiger charge is 2.57. The van der Waals surface area contributed by atoms with Crippen LogP contribution in [0.15, 0.2) is 48.5 Å². The van der Waals surface area contributed by atoms with E-state index in [1.165, 1.54) is 47.9 Å². The maximum absolute atomic E-state index is 9.67. The standard InChI is InChI=1S/C11H14NO.C10H11NO.BF3.FH/c1-12-8-4-6-9-5-2-3-7-10(9)11(12)13-12;1-2-6-9-8(4-1)5-3-7-11-10(9)12-11;2-1(3)4;/h2-3,5,7,11H,4,6,8H2,1H3;1-2,4,6,10H,3,5,7H2;;1H/q+1;;;. The van der Waals surface area contributed by atoms with Gasteiger partial charge < -0.3 is 0 Å². The molecule has 4 aliphatic rings. The second kappa shape index (κ2) is 9.47. The molecule has 4 aliphatic heterocycles. The van der Waals surface area contributed by atoms with Crippen LogP contribution in [0.4, 0.5) is 17.7 Å². The van der Waals surface area contributed by atoms with Gasteiger partial charge in [0.25, 0.3) is 6.23 Å². The lowest BCUT2D eigenvalue weighted by Crippen LogP contribution is -2.20. The zero-order valence-electron chi connectivity index (χ0n) is 16.8. The molecule has 0 aliphatic carbocycles. The van der Waals surface area contributed by atoms with Gasteiger partial charge in [0, 0.05) is 24.1 Å². The average molecular weight is 425 g/mol. The van der Waals surface area contributed by atoms with Crippen LogP contribution in [0, 0.1) is 0 Å². The molecule has 0 spiro atoms. The van der Waals surface area contributed by atoms with Gasteiger partial charge in [0.2, 0.25) is 0 Å². The summed E-state index contributed by atoms with van der Waals surface area (Å²) in [6, 6.07) is 17.2. The van der Waals surface area contributed by atoms with Crippen LogP contribution in [0.25, 0.3) is 0 Å². The topological polar surface area (TPSA) is 28.1 Å². The monoisotopic (exact) mass is 425 g/mol. The molecule has 2 saturated heterocycles. The number of halogens is 4. The minimum absolute atomic E-state index is 0. The van der Waals surface area contributed by atoms with E-state index in [9.17, 15) is 12.9 Å². The fourth-order valence-corrected chi connectivity index (χ4v) is 4.22. The van der Waals surface area contributed by atoms with Gasteiger partial charge >= 0.3 is 7.54 Å². The second-order valence-corrected chi connectivity index (χ2v) is 7.81.